The van der Waals surface area contributed by atoms with E-state index in [1.54, 1.807) is 30.3 Å². The lowest BCUT2D eigenvalue weighted by Crippen LogP contribution is -2.20. The van der Waals surface area contributed by atoms with Crippen molar-refractivity contribution in [1.29, 1.82) is 0 Å². The number of Topliss-reactive ketones (excluding diaryl/α,β-unsaturated/α-hetero) is 1. The van der Waals surface area contributed by atoms with Crippen LogP contribution in [0.5, 0.6) is 0 Å². The minimum atomic E-state index is -0.236. The summed E-state index contributed by atoms with van der Waals surface area (Å²) in [5, 5.41) is 0.393. The molecule has 0 saturated heterocycles. The molecule has 3 aromatic rings. The summed E-state index contributed by atoms with van der Waals surface area (Å²) in [4.78, 5) is 27.1. The summed E-state index contributed by atoms with van der Waals surface area (Å²) < 4.78 is 1.06. The monoisotopic (exact) mass is 355 g/mol. The van der Waals surface area contributed by atoms with Crippen molar-refractivity contribution >= 4 is 40.9 Å². The van der Waals surface area contributed by atoms with Crippen LogP contribution < -0.4 is 14.8 Å². The van der Waals surface area contributed by atoms with Gasteiger partial charge in [-0.25, -0.2) is 0 Å². The van der Waals surface area contributed by atoms with Gasteiger partial charge in [-0.3, -0.25) is 9.59 Å². The first-order valence-corrected chi connectivity index (χ1v) is 8.50. The van der Waals surface area contributed by atoms with E-state index in [0.717, 1.165) is 11.1 Å². The maximum atomic E-state index is 12.3. The normalized spacial score (nSPS) is 12.6. The maximum absolute atomic E-state index is 12.3. The molecule has 0 aliphatic rings. The zero-order chi connectivity index (χ0) is 17.1. The lowest BCUT2D eigenvalue weighted by molar-refractivity contribution is 0.106. The molecule has 1 N–H and O–H groups in total. The van der Waals surface area contributed by atoms with Crippen molar-refractivity contribution in [2.45, 2.75) is 6.92 Å². The van der Waals surface area contributed by atoms with Gasteiger partial charge in [0.25, 0.3) is 5.56 Å². The number of ketones is 1. The van der Waals surface area contributed by atoms with Gasteiger partial charge in [0, 0.05) is 11.6 Å². The maximum Gasteiger partial charge on any atom is 0.266 e. The van der Waals surface area contributed by atoms with E-state index >= 15 is 0 Å². The fourth-order valence-corrected chi connectivity index (χ4v) is 3.31. The molecule has 1 heterocycles. The van der Waals surface area contributed by atoms with Crippen LogP contribution in [-0.4, -0.2) is 10.8 Å². The molecule has 0 bridgehead atoms. The Bertz CT molecular complexity index is 1060. The molecule has 120 valence electrons. The second-order valence-corrected chi connectivity index (χ2v) is 6.82. The lowest BCUT2D eigenvalue weighted by atomic mass is 10.1. The Morgan fingerprint density at radius 2 is 1.83 bits per heavy atom. The number of hydrogen-bond donors (Lipinski definition) is 1. The van der Waals surface area contributed by atoms with E-state index in [9.17, 15) is 9.59 Å². The molecule has 0 amide bonds. The summed E-state index contributed by atoms with van der Waals surface area (Å²) in [6.07, 6.45) is 3.21. The molecule has 0 fully saturated rings. The van der Waals surface area contributed by atoms with Gasteiger partial charge in [0.1, 0.15) is 0 Å². The molecule has 2 aromatic carbocycles. The molecule has 0 aliphatic heterocycles. The second kappa shape index (κ2) is 6.99. The fraction of sp³-hybridized carbons (Fsp3) is 0.0526. The van der Waals surface area contributed by atoms with Crippen molar-refractivity contribution in [3.8, 4) is 0 Å². The standard InChI is InChI=1S/C19H14ClNO2S/c1-12-6-8-13(9-7-12)10-17-19(23)21-18(24-17)11-16(22)14-4-2-3-5-15(14)20/h2-11H,1H3,(H,21,23)/b17-10-,18-11-. The quantitative estimate of drug-likeness (QED) is 0.734. The number of H-pyrrole nitrogens is 1. The molecule has 0 radical (unpaired) electrons. The summed E-state index contributed by atoms with van der Waals surface area (Å²) in [6, 6.07) is 14.7. The third-order valence-corrected chi connectivity index (χ3v) is 4.75. The predicted octanol–water partition coefficient (Wildman–Crippen LogP) is 2.89. The highest BCUT2D eigenvalue weighted by molar-refractivity contribution is 7.07. The van der Waals surface area contributed by atoms with Gasteiger partial charge < -0.3 is 4.98 Å². The molecular formula is C19H14ClNO2S. The number of nitrogens with one attached hydrogen (secondary N) is 1. The number of aromatic amines is 1. The lowest BCUT2D eigenvalue weighted by Gasteiger charge is -1.97. The first-order valence-electron chi connectivity index (χ1n) is 7.31. The van der Waals surface area contributed by atoms with Crippen LogP contribution in [0.15, 0.2) is 53.3 Å². The third kappa shape index (κ3) is 3.72. The highest BCUT2D eigenvalue weighted by atomic mass is 35.5. The molecular weight excluding hydrogens is 342 g/mol. The van der Waals surface area contributed by atoms with Crippen molar-refractivity contribution in [1.82, 2.24) is 4.98 Å². The van der Waals surface area contributed by atoms with Gasteiger partial charge in [-0.05, 0) is 30.7 Å². The number of benzene rings is 2. The molecule has 0 spiro atoms. The Morgan fingerprint density at radius 3 is 2.54 bits per heavy atom. The second-order valence-electron chi connectivity index (χ2n) is 5.33. The largest absolute Gasteiger partial charge is 0.313 e. The van der Waals surface area contributed by atoms with E-state index in [1.165, 1.54) is 17.4 Å². The Kier molecular flexibility index (Phi) is 4.79. The van der Waals surface area contributed by atoms with Gasteiger partial charge in [0.15, 0.2) is 5.78 Å². The third-order valence-electron chi connectivity index (χ3n) is 3.46. The molecule has 1 aromatic heterocycles. The molecule has 3 rings (SSSR count). The minimum absolute atomic E-state index is 0.209. The minimum Gasteiger partial charge on any atom is -0.313 e. The summed E-state index contributed by atoms with van der Waals surface area (Å²) in [6.45, 7) is 2.01. The van der Waals surface area contributed by atoms with Crippen LogP contribution in [0.3, 0.4) is 0 Å². The predicted molar refractivity (Wildman–Crippen MR) is 99.2 cm³/mol. The van der Waals surface area contributed by atoms with E-state index < -0.39 is 0 Å². The number of hydrogen-bond acceptors (Lipinski definition) is 3. The van der Waals surface area contributed by atoms with Crippen molar-refractivity contribution in [3.05, 3.63) is 89.8 Å². The number of rotatable bonds is 3. The SMILES string of the molecule is Cc1ccc(/C=c2\s/c(=C\C(=O)c3ccccc3Cl)[nH]c2=O)cc1. The molecule has 0 saturated carbocycles. The number of halogens is 1. The topological polar surface area (TPSA) is 49.9 Å². The number of aryl methyl sites for hydroxylation is 1. The van der Waals surface area contributed by atoms with Crippen molar-refractivity contribution < 1.29 is 4.79 Å². The van der Waals surface area contributed by atoms with E-state index in [-0.39, 0.29) is 11.3 Å². The van der Waals surface area contributed by atoms with Crippen LogP contribution in [-0.2, 0) is 0 Å². The average molecular weight is 356 g/mol. The number of carbonyl (C=O) groups excluding carboxylic acids is 1. The van der Waals surface area contributed by atoms with E-state index in [1.807, 2.05) is 31.2 Å². The molecule has 5 heteroatoms. The first-order chi connectivity index (χ1) is 11.5. The van der Waals surface area contributed by atoms with Crippen molar-refractivity contribution in [3.63, 3.8) is 0 Å². The Hall–Kier alpha value is -2.43. The molecule has 24 heavy (non-hydrogen) atoms. The van der Waals surface area contributed by atoms with Gasteiger partial charge in [0.2, 0.25) is 0 Å². The van der Waals surface area contributed by atoms with E-state index in [2.05, 4.69) is 4.98 Å². The molecule has 0 atom stereocenters. The van der Waals surface area contributed by atoms with Gasteiger partial charge in [0.05, 0.1) is 14.2 Å². The first kappa shape index (κ1) is 16.4. The van der Waals surface area contributed by atoms with Crippen LogP contribution in [0.2, 0.25) is 5.02 Å². The molecule has 0 aliphatic carbocycles. The van der Waals surface area contributed by atoms with Crippen molar-refractivity contribution in [2.24, 2.45) is 0 Å². The highest BCUT2D eigenvalue weighted by Gasteiger charge is 2.07. The van der Waals surface area contributed by atoms with Crippen LogP contribution in [0, 0.1) is 6.92 Å². The Labute approximate surface area is 147 Å². The van der Waals surface area contributed by atoms with E-state index in [0.29, 0.717) is 19.8 Å². The van der Waals surface area contributed by atoms with Crippen LogP contribution in [0.1, 0.15) is 21.5 Å². The smallest absolute Gasteiger partial charge is 0.266 e. The molecule has 3 nitrogen and oxygen atoms in total. The van der Waals surface area contributed by atoms with Crippen molar-refractivity contribution in [2.75, 3.05) is 0 Å². The zero-order valence-corrected chi connectivity index (χ0v) is 14.4. The summed E-state index contributed by atoms with van der Waals surface area (Å²) in [5.41, 5.74) is 2.31. The van der Waals surface area contributed by atoms with Gasteiger partial charge in [-0.1, -0.05) is 53.6 Å². The molecule has 0 unspecified atom stereocenters. The number of aromatic nitrogens is 1. The number of thiazole rings is 1. The van der Waals surface area contributed by atoms with Crippen LogP contribution in [0.4, 0.5) is 0 Å². The summed E-state index contributed by atoms with van der Waals surface area (Å²) in [5.74, 6) is -0.236. The Morgan fingerprint density at radius 1 is 1.12 bits per heavy atom. The summed E-state index contributed by atoms with van der Waals surface area (Å²) in [7, 11) is 0. The highest BCUT2D eigenvalue weighted by Crippen LogP contribution is 2.15. The average Bonchev–Trinajstić information content (AvgIpc) is 2.89. The van der Waals surface area contributed by atoms with Crippen LogP contribution >= 0.6 is 22.9 Å². The fourth-order valence-electron chi connectivity index (χ4n) is 2.20. The Balaban J connectivity index is 2.00. The summed E-state index contributed by atoms with van der Waals surface area (Å²) >= 11 is 7.27. The number of carbonyl (C=O) groups is 1. The zero-order valence-electron chi connectivity index (χ0n) is 12.9. The van der Waals surface area contributed by atoms with E-state index in [4.69, 9.17) is 11.6 Å². The van der Waals surface area contributed by atoms with Gasteiger partial charge in [-0.2, -0.15) is 0 Å². The van der Waals surface area contributed by atoms with Crippen LogP contribution in [0.25, 0.3) is 12.2 Å². The van der Waals surface area contributed by atoms with Gasteiger partial charge >= 0.3 is 0 Å². The van der Waals surface area contributed by atoms with Gasteiger partial charge in [-0.15, -0.1) is 11.3 Å².